The Morgan fingerprint density at radius 3 is 2.95 bits per heavy atom. The highest BCUT2D eigenvalue weighted by atomic mass is 16.1. The molecule has 100 valence electrons. The number of aromatic nitrogens is 1. The van der Waals surface area contributed by atoms with Crippen molar-refractivity contribution in [3.8, 4) is 0 Å². The van der Waals surface area contributed by atoms with Crippen LogP contribution in [0, 0.1) is 5.92 Å². The largest absolute Gasteiger partial charge is 0.356 e. The van der Waals surface area contributed by atoms with Crippen LogP contribution in [-0.2, 0) is 11.2 Å². The number of benzene rings is 1. The molecular formula is C16H20N2O. The average Bonchev–Trinajstić information content (AvgIpc) is 2.78. The zero-order valence-corrected chi connectivity index (χ0v) is 11.5. The van der Waals surface area contributed by atoms with E-state index in [0.29, 0.717) is 0 Å². The number of nitrogens with one attached hydrogen (secondary N) is 2. The molecule has 0 saturated heterocycles. The molecule has 2 aromatic rings. The number of para-hydroxylation sites is 1. The summed E-state index contributed by atoms with van der Waals surface area (Å²) in [4.78, 5) is 15.4. The molecule has 1 atom stereocenters. The first-order chi connectivity index (χ1) is 9.16. The Hall–Kier alpha value is -1.77. The maximum absolute atomic E-state index is 11.9. The van der Waals surface area contributed by atoms with Crippen molar-refractivity contribution in [2.75, 3.05) is 0 Å². The fourth-order valence-electron chi connectivity index (χ4n) is 2.90. The number of carbonyl (C=O) groups is 1. The van der Waals surface area contributed by atoms with E-state index in [4.69, 9.17) is 0 Å². The zero-order valence-electron chi connectivity index (χ0n) is 11.5. The number of hydrogen-bond acceptors (Lipinski definition) is 1. The van der Waals surface area contributed by atoms with Crippen molar-refractivity contribution in [3.63, 3.8) is 0 Å². The number of aryl methyl sites for hydroxylation is 1. The van der Waals surface area contributed by atoms with Crippen molar-refractivity contribution in [2.24, 2.45) is 5.92 Å². The van der Waals surface area contributed by atoms with Crippen molar-refractivity contribution in [1.29, 1.82) is 0 Å². The van der Waals surface area contributed by atoms with Crippen LogP contribution in [0.1, 0.15) is 44.0 Å². The second-order valence-corrected chi connectivity index (χ2v) is 5.67. The van der Waals surface area contributed by atoms with Crippen LogP contribution >= 0.6 is 0 Å². The van der Waals surface area contributed by atoms with E-state index in [1.165, 1.54) is 22.2 Å². The molecule has 1 aliphatic carbocycles. The highest BCUT2D eigenvalue weighted by Crippen LogP contribution is 2.34. The summed E-state index contributed by atoms with van der Waals surface area (Å²) in [6.45, 7) is 3.87. The highest BCUT2D eigenvalue weighted by molar-refractivity contribution is 5.85. The van der Waals surface area contributed by atoms with Gasteiger partial charge in [0.25, 0.3) is 0 Å². The Bertz CT molecular complexity index is 612. The van der Waals surface area contributed by atoms with E-state index in [1.807, 2.05) is 19.9 Å². The fraction of sp³-hybridized carbons (Fsp3) is 0.438. The van der Waals surface area contributed by atoms with Crippen molar-refractivity contribution in [2.45, 2.75) is 39.2 Å². The highest BCUT2D eigenvalue weighted by Gasteiger charge is 2.25. The predicted octanol–water partition coefficient (Wildman–Crippen LogP) is 3.32. The Balaban J connectivity index is 1.98. The van der Waals surface area contributed by atoms with Gasteiger partial charge in [0.05, 0.1) is 6.04 Å². The van der Waals surface area contributed by atoms with Crippen LogP contribution in [0.15, 0.2) is 24.3 Å². The van der Waals surface area contributed by atoms with Crippen LogP contribution < -0.4 is 5.32 Å². The smallest absolute Gasteiger partial charge is 0.223 e. The molecule has 0 radical (unpaired) electrons. The van der Waals surface area contributed by atoms with Crippen LogP contribution in [-0.4, -0.2) is 10.9 Å². The van der Waals surface area contributed by atoms with E-state index in [1.54, 1.807) is 0 Å². The molecule has 0 unspecified atom stereocenters. The Morgan fingerprint density at radius 2 is 2.16 bits per heavy atom. The number of hydrogen-bond donors (Lipinski definition) is 2. The summed E-state index contributed by atoms with van der Waals surface area (Å²) in [6.07, 6.45) is 3.27. The fourth-order valence-corrected chi connectivity index (χ4v) is 2.90. The number of rotatable bonds is 2. The van der Waals surface area contributed by atoms with Gasteiger partial charge in [0, 0.05) is 22.5 Å². The van der Waals surface area contributed by atoms with Crippen LogP contribution in [0.3, 0.4) is 0 Å². The van der Waals surface area contributed by atoms with Gasteiger partial charge in [0.2, 0.25) is 5.91 Å². The standard InChI is InChI=1S/C16H20N2O/c1-10(2)16(19)18-14-9-5-7-12-11-6-3-4-8-13(11)17-15(12)14/h3-4,6,8,10,14,17H,5,7,9H2,1-2H3,(H,18,19)/t14-/m1/s1. The van der Waals surface area contributed by atoms with Gasteiger partial charge >= 0.3 is 0 Å². The minimum Gasteiger partial charge on any atom is -0.356 e. The molecule has 1 heterocycles. The van der Waals surface area contributed by atoms with Gasteiger partial charge in [-0.3, -0.25) is 4.79 Å². The zero-order chi connectivity index (χ0) is 13.4. The number of carbonyl (C=O) groups excluding carboxylic acids is 1. The van der Waals surface area contributed by atoms with Gasteiger partial charge in [-0.05, 0) is 30.9 Å². The number of amides is 1. The second kappa shape index (κ2) is 4.72. The Morgan fingerprint density at radius 1 is 1.37 bits per heavy atom. The molecule has 3 rings (SSSR count). The molecule has 19 heavy (non-hydrogen) atoms. The third-order valence-corrected chi connectivity index (χ3v) is 3.96. The van der Waals surface area contributed by atoms with Crippen molar-refractivity contribution in [3.05, 3.63) is 35.5 Å². The van der Waals surface area contributed by atoms with E-state index in [9.17, 15) is 4.79 Å². The second-order valence-electron chi connectivity index (χ2n) is 5.67. The minimum absolute atomic E-state index is 0.0368. The molecule has 0 bridgehead atoms. The van der Waals surface area contributed by atoms with Gasteiger partial charge in [-0.1, -0.05) is 32.0 Å². The van der Waals surface area contributed by atoms with E-state index in [-0.39, 0.29) is 17.9 Å². The lowest BCUT2D eigenvalue weighted by atomic mass is 9.91. The molecular weight excluding hydrogens is 236 g/mol. The molecule has 1 aromatic heterocycles. The van der Waals surface area contributed by atoms with Crippen LogP contribution in [0.5, 0.6) is 0 Å². The monoisotopic (exact) mass is 256 g/mol. The topological polar surface area (TPSA) is 44.9 Å². The molecule has 1 aromatic carbocycles. The van der Waals surface area contributed by atoms with Crippen LogP contribution in [0.25, 0.3) is 10.9 Å². The summed E-state index contributed by atoms with van der Waals surface area (Å²) in [5.74, 6) is 0.172. The van der Waals surface area contributed by atoms with E-state index in [2.05, 4.69) is 28.5 Å². The maximum atomic E-state index is 11.9. The van der Waals surface area contributed by atoms with Crippen LogP contribution in [0.2, 0.25) is 0 Å². The predicted molar refractivity (Wildman–Crippen MR) is 77.0 cm³/mol. The van der Waals surface area contributed by atoms with Gasteiger partial charge < -0.3 is 10.3 Å². The first-order valence-corrected chi connectivity index (χ1v) is 7.06. The molecule has 2 N–H and O–H groups in total. The lowest BCUT2D eigenvalue weighted by Gasteiger charge is -2.24. The van der Waals surface area contributed by atoms with Gasteiger partial charge in [-0.25, -0.2) is 0 Å². The quantitative estimate of drug-likeness (QED) is 0.850. The summed E-state index contributed by atoms with van der Waals surface area (Å²) in [5.41, 5.74) is 3.77. The Labute approximate surface area is 113 Å². The third kappa shape index (κ3) is 2.14. The van der Waals surface area contributed by atoms with Gasteiger partial charge in [-0.2, -0.15) is 0 Å². The molecule has 0 aliphatic heterocycles. The molecule has 1 amide bonds. The van der Waals surface area contributed by atoms with Crippen molar-refractivity contribution >= 4 is 16.8 Å². The van der Waals surface area contributed by atoms with E-state index >= 15 is 0 Å². The van der Waals surface area contributed by atoms with Gasteiger partial charge in [0.1, 0.15) is 0 Å². The third-order valence-electron chi connectivity index (χ3n) is 3.96. The minimum atomic E-state index is 0.0368. The van der Waals surface area contributed by atoms with Crippen LogP contribution in [0.4, 0.5) is 0 Å². The summed E-state index contributed by atoms with van der Waals surface area (Å²) in [6, 6.07) is 8.54. The number of H-pyrrole nitrogens is 1. The van der Waals surface area contributed by atoms with Gasteiger partial charge in [0.15, 0.2) is 0 Å². The summed E-state index contributed by atoms with van der Waals surface area (Å²) in [5, 5.41) is 4.47. The summed E-state index contributed by atoms with van der Waals surface area (Å²) >= 11 is 0. The average molecular weight is 256 g/mol. The summed E-state index contributed by atoms with van der Waals surface area (Å²) in [7, 11) is 0. The number of aromatic amines is 1. The van der Waals surface area contributed by atoms with E-state index in [0.717, 1.165) is 19.3 Å². The molecule has 0 spiro atoms. The maximum Gasteiger partial charge on any atom is 0.223 e. The van der Waals surface area contributed by atoms with Gasteiger partial charge in [-0.15, -0.1) is 0 Å². The SMILES string of the molecule is CC(C)C(=O)N[C@@H]1CCCc2c1[nH]c1ccccc21. The summed E-state index contributed by atoms with van der Waals surface area (Å²) < 4.78 is 0. The van der Waals surface area contributed by atoms with Crippen molar-refractivity contribution in [1.82, 2.24) is 10.3 Å². The molecule has 0 fully saturated rings. The number of fused-ring (bicyclic) bond motifs is 3. The Kier molecular flexibility index (Phi) is 3.05. The lowest BCUT2D eigenvalue weighted by Crippen LogP contribution is -2.33. The first-order valence-electron chi connectivity index (χ1n) is 7.06. The molecule has 0 saturated carbocycles. The molecule has 3 nitrogen and oxygen atoms in total. The first kappa shape index (κ1) is 12.3. The lowest BCUT2D eigenvalue weighted by molar-refractivity contribution is -0.124. The molecule has 3 heteroatoms. The molecule has 1 aliphatic rings. The normalized spacial score (nSPS) is 18.6. The van der Waals surface area contributed by atoms with Crippen molar-refractivity contribution < 1.29 is 4.79 Å². The van der Waals surface area contributed by atoms with E-state index < -0.39 is 0 Å².